The lowest BCUT2D eigenvalue weighted by Gasteiger charge is -1.98. The molecule has 0 aliphatic heterocycles. The molecule has 70 valence electrons. The van der Waals surface area contributed by atoms with Crippen LogP contribution >= 0.6 is 11.6 Å². The SMILES string of the molecule is CCC/C(Cl)=N/OC(=O)NCC. The minimum atomic E-state index is -0.577. The topological polar surface area (TPSA) is 50.7 Å². The van der Waals surface area contributed by atoms with Gasteiger partial charge in [-0.25, -0.2) is 4.79 Å². The van der Waals surface area contributed by atoms with E-state index in [0.29, 0.717) is 18.1 Å². The van der Waals surface area contributed by atoms with Crippen molar-refractivity contribution in [2.75, 3.05) is 6.54 Å². The van der Waals surface area contributed by atoms with Gasteiger partial charge < -0.3 is 5.32 Å². The molecule has 0 aromatic heterocycles. The van der Waals surface area contributed by atoms with Gasteiger partial charge in [-0.05, 0) is 13.3 Å². The highest BCUT2D eigenvalue weighted by molar-refractivity contribution is 6.65. The first-order valence-electron chi connectivity index (χ1n) is 3.87. The molecule has 0 heterocycles. The predicted octanol–water partition coefficient (Wildman–Crippen LogP) is 2.08. The Labute approximate surface area is 76.9 Å². The van der Waals surface area contributed by atoms with Crippen LogP contribution in [0.15, 0.2) is 5.16 Å². The summed E-state index contributed by atoms with van der Waals surface area (Å²) in [6, 6.07) is 0. The first-order valence-corrected chi connectivity index (χ1v) is 4.25. The third-order valence-electron chi connectivity index (χ3n) is 1.01. The standard InChI is InChI=1S/C7H13ClN2O2/c1-3-5-6(8)10-12-7(11)9-4-2/h3-5H2,1-2H3,(H,9,11)/b10-6-. The molecule has 0 bridgehead atoms. The molecule has 0 fully saturated rings. The van der Waals surface area contributed by atoms with Gasteiger partial charge in [-0.3, -0.25) is 4.84 Å². The normalized spacial score (nSPS) is 11.1. The van der Waals surface area contributed by atoms with Crippen LogP contribution in [0, 0.1) is 0 Å². The van der Waals surface area contributed by atoms with Gasteiger partial charge in [0.25, 0.3) is 0 Å². The van der Waals surface area contributed by atoms with Crippen LogP contribution in [0.25, 0.3) is 0 Å². The fourth-order valence-electron chi connectivity index (χ4n) is 0.520. The van der Waals surface area contributed by atoms with Gasteiger partial charge in [-0.1, -0.05) is 23.7 Å². The van der Waals surface area contributed by atoms with E-state index >= 15 is 0 Å². The number of hydrogen-bond donors (Lipinski definition) is 1. The maximum atomic E-state index is 10.7. The molecule has 0 spiro atoms. The quantitative estimate of drug-likeness (QED) is 0.421. The highest BCUT2D eigenvalue weighted by atomic mass is 35.5. The van der Waals surface area contributed by atoms with E-state index in [1.807, 2.05) is 6.92 Å². The number of rotatable bonds is 4. The molecule has 5 heteroatoms. The summed E-state index contributed by atoms with van der Waals surface area (Å²) in [5, 5.41) is 6.13. The number of hydrogen-bond acceptors (Lipinski definition) is 3. The van der Waals surface area contributed by atoms with Gasteiger partial charge in [0.2, 0.25) is 0 Å². The van der Waals surface area contributed by atoms with Crippen molar-refractivity contribution in [2.45, 2.75) is 26.7 Å². The molecule has 0 aromatic rings. The minimum absolute atomic E-state index is 0.309. The van der Waals surface area contributed by atoms with Crippen LogP contribution in [0.5, 0.6) is 0 Å². The zero-order valence-corrected chi connectivity index (χ0v) is 8.02. The summed E-state index contributed by atoms with van der Waals surface area (Å²) >= 11 is 5.57. The van der Waals surface area contributed by atoms with Gasteiger partial charge in [0.1, 0.15) is 5.17 Å². The van der Waals surface area contributed by atoms with Gasteiger partial charge in [0, 0.05) is 13.0 Å². The average Bonchev–Trinajstić information content (AvgIpc) is 2.02. The Kier molecular flexibility index (Phi) is 6.47. The number of nitrogens with one attached hydrogen (secondary N) is 1. The maximum absolute atomic E-state index is 10.7. The van der Waals surface area contributed by atoms with Crippen LogP contribution in [-0.2, 0) is 4.84 Å². The van der Waals surface area contributed by atoms with Crippen molar-refractivity contribution in [2.24, 2.45) is 5.16 Å². The first-order chi connectivity index (χ1) is 5.70. The van der Waals surface area contributed by atoms with E-state index in [1.165, 1.54) is 0 Å². The summed E-state index contributed by atoms with van der Waals surface area (Å²) in [5.74, 6) is 0. The molecule has 0 aromatic carbocycles. The third-order valence-corrected chi connectivity index (χ3v) is 1.26. The summed E-state index contributed by atoms with van der Waals surface area (Å²) in [6.07, 6.45) is 0.925. The third kappa shape index (κ3) is 5.97. The van der Waals surface area contributed by atoms with Crippen LogP contribution in [0.1, 0.15) is 26.7 Å². The Morgan fingerprint density at radius 3 is 2.75 bits per heavy atom. The zero-order valence-electron chi connectivity index (χ0n) is 7.26. The lowest BCUT2D eigenvalue weighted by atomic mass is 10.4. The molecule has 12 heavy (non-hydrogen) atoms. The Morgan fingerprint density at radius 2 is 2.25 bits per heavy atom. The fraction of sp³-hybridized carbons (Fsp3) is 0.714. The van der Waals surface area contributed by atoms with E-state index < -0.39 is 6.09 Å². The molecule has 0 atom stereocenters. The van der Waals surface area contributed by atoms with Gasteiger partial charge in [-0.2, -0.15) is 0 Å². The van der Waals surface area contributed by atoms with Crippen LogP contribution < -0.4 is 5.32 Å². The Bertz CT molecular complexity index is 171. The summed E-state index contributed by atoms with van der Waals surface area (Å²) in [4.78, 5) is 15.1. The minimum Gasteiger partial charge on any atom is -0.320 e. The summed E-state index contributed by atoms with van der Waals surface area (Å²) in [7, 11) is 0. The van der Waals surface area contributed by atoms with Crippen molar-refractivity contribution < 1.29 is 9.63 Å². The molecular weight excluding hydrogens is 180 g/mol. The van der Waals surface area contributed by atoms with Crippen molar-refractivity contribution >= 4 is 22.9 Å². The highest BCUT2D eigenvalue weighted by Crippen LogP contribution is 1.97. The van der Waals surface area contributed by atoms with Crippen molar-refractivity contribution in [3.63, 3.8) is 0 Å². The van der Waals surface area contributed by atoms with Gasteiger partial charge in [0.05, 0.1) is 0 Å². The van der Waals surface area contributed by atoms with E-state index in [2.05, 4.69) is 15.3 Å². The number of carbonyl (C=O) groups excluding carboxylic acids is 1. The number of nitrogens with zero attached hydrogens (tertiary/aromatic N) is 1. The predicted molar refractivity (Wildman–Crippen MR) is 48.4 cm³/mol. The molecule has 1 N–H and O–H groups in total. The van der Waals surface area contributed by atoms with Gasteiger partial charge >= 0.3 is 6.09 Å². The number of amides is 1. The molecule has 0 saturated heterocycles. The van der Waals surface area contributed by atoms with Crippen molar-refractivity contribution in [1.82, 2.24) is 5.32 Å². The second-order valence-electron chi connectivity index (χ2n) is 2.13. The van der Waals surface area contributed by atoms with Gasteiger partial charge in [0.15, 0.2) is 0 Å². The Balaban J connectivity index is 3.63. The van der Waals surface area contributed by atoms with Crippen LogP contribution in [-0.4, -0.2) is 17.8 Å². The Hall–Kier alpha value is -0.770. The zero-order chi connectivity index (χ0) is 9.40. The van der Waals surface area contributed by atoms with Crippen molar-refractivity contribution in [3.05, 3.63) is 0 Å². The Morgan fingerprint density at radius 1 is 1.58 bits per heavy atom. The summed E-state index contributed by atoms with van der Waals surface area (Å²) in [6.45, 7) is 4.27. The number of halogens is 1. The molecule has 0 rings (SSSR count). The monoisotopic (exact) mass is 192 g/mol. The average molecular weight is 193 g/mol. The lowest BCUT2D eigenvalue weighted by Crippen LogP contribution is -2.22. The van der Waals surface area contributed by atoms with E-state index in [1.54, 1.807) is 6.92 Å². The van der Waals surface area contributed by atoms with E-state index in [9.17, 15) is 4.79 Å². The first kappa shape index (κ1) is 11.2. The molecule has 4 nitrogen and oxygen atoms in total. The maximum Gasteiger partial charge on any atom is 0.433 e. The van der Waals surface area contributed by atoms with E-state index in [-0.39, 0.29) is 0 Å². The van der Waals surface area contributed by atoms with Crippen LogP contribution in [0.4, 0.5) is 4.79 Å². The lowest BCUT2D eigenvalue weighted by molar-refractivity contribution is 0.151. The molecule has 1 amide bonds. The molecular formula is C7H13ClN2O2. The van der Waals surface area contributed by atoms with Crippen molar-refractivity contribution in [3.8, 4) is 0 Å². The fourth-order valence-corrected chi connectivity index (χ4v) is 0.743. The van der Waals surface area contributed by atoms with Crippen LogP contribution in [0.2, 0.25) is 0 Å². The largest absolute Gasteiger partial charge is 0.433 e. The smallest absolute Gasteiger partial charge is 0.320 e. The van der Waals surface area contributed by atoms with E-state index in [0.717, 1.165) is 6.42 Å². The molecule has 0 unspecified atom stereocenters. The summed E-state index contributed by atoms with van der Waals surface area (Å²) < 4.78 is 0. The highest BCUT2D eigenvalue weighted by Gasteiger charge is 1.98. The summed E-state index contributed by atoms with van der Waals surface area (Å²) in [5.41, 5.74) is 0. The van der Waals surface area contributed by atoms with Crippen LogP contribution in [0.3, 0.4) is 0 Å². The van der Waals surface area contributed by atoms with Crippen molar-refractivity contribution in [1.29, 1.82) is 0 Å². The molecule has 0 aliphatic carbocycles. The van der Waals surface area contributed by atoms with E-state index in [4.69, 9.17) is 11.6 Å². The number of oxime groups is 1. The molecule has 0 aliphatic rings. The molecule has 0 radical (unpaired) electrons. The second kappa shape index (κ2) is 6.91. The number of carbonyl (C=O) groups is 1. The second-order valence-corrected chi connectivity index (χ2v) is 2.56. The van der Waals surface area contributed by atoms with Gasteiger partial charge in [-0.15, -0.1) is 0 Å². The molecule has 0 saturated carbocycles.